The Labute approximate surface area is 68.6 Å². The number of aromatic nitrogens is 1. The van der Waals surface area contributed by atoms with Crippen LogP contribution in [0.2, 0.25) is 0 Å². The van der Waals surface area contributed by atoms with Crippen molar-refractivity contribution in [2.24, 2.45) is 5.84 Å². The van der Waals surface area contributed by atoms with Gasteiger partial charge in [0, 0.05) is 7.11 Å². The van der Waals surface area contributed by atoms with Crippen molar-refractivity contribution in [2.75, 3.05) is 7.11 Å². The second-order valence-electron chi connectivity index (χ2n) is 2.09. The summed E-state index contributed by atoms with van der Waals surface area (Å²) in [5, 5.41) is 3.46. The quantitative estimate of drug-likeness (QED) is 0.361. The lowest BCUT2D eigenvalue weighted by atomic mass is 10.2. The molecule has 66 valence electrons. The van der Waals surface area contributed by atoms with Crippen molar-refractivity contribution >= 4 is 5.91 Å². The largest absolute Gasteiger partial charge is 0.380 e. The third-order valence-corrected chi connectivity index (χ3v) is 1.29. The molecule has 0 bridgehead atoms. The van der Waals surface area contributed by atoms with Gasteiger partial charge in [-0.15, -0.1) is 0 Å². The van der Waals surface area contributed by atoms with Crippen LogP contribution in [-0.4, -0.2) is 18.2 Å². The topological polar surface area (TPSA) is 90.4 Å². The minimum atomic E-state index is -0.490. The highest BCUT2D eigenvalue weighted by Crippen LogP contribution is 2.06. The van der Waals surface area contributed by atoms with Gasteiger partial charge in [-0.2, -0.15) is 0 Å². The standard InChI is InChI=1S/C6H9N3O3/c1-11-2-4-3-12-9-5(4)6(10)8-7/h3H,2,7H2,1H3,(H,8,10). The van der Waals surface area contributed by atoms with Crippen LogP contribution in [0.1, 0.15) is 16.1 Å². The molecule has 0 aromatic carbocycles. The fourth-order valence-corrected chi connectivity index (χ4v) is 0.771. The van der Waals surface area contributed by atoms with Crippen molar-refractivity contribution in [1.82, 2.24) is 10.6 Å². The van der Waals surface area contributed by atoms with Crippen LogP contribution in [0.25, 0.3) is 0 Å². The Morgan fingerprint density at radius 3 is 3.25 bits per heavy atom. The molecule has 0 atom stereocenters. The maximum atomic E-state index is 11.0. The van der Waals surface area contributed by atoms with Crippen molar-refractivity contribution in [3.05, 3.63) is 17.5 Å². The lowest BCUT2D eigenvalue weighted by molar-refractivity contribution is 0.0940. The summed E-state index contributed by atoms with van der Waals surface area (Å²) >= 11 is 0. The van der Waals surface area contributed by atoms with Gasteiger partial charge in [-0.25, -0.2) is 5.84 Å². The average molecular weight is 171 g/mol. The zero-order valence-corrected chi connectivity index (χ0v) is 6.53. The molecule has 1 amide bonds. The maximum Gasteiger partial charge on any atom is 0.287 e. The molecular formula is C6H9N3O3. The van der Waals surface area contributed by atoms with Gasteiger partial charge in [0.15, 0.2) is 5.69 Å². The van der Waals surface area contributed by atoms with E-state index in [9.17, 15) is 4.79 Å². The van der Waals surface area contributed by atoms with Crippen LogP contribution < -0.4 is 11.3 Å². The summed E-state index contributed by atoms with van der Waals surface area (Å²) in [6.45, 7) is 0.270. The number of carbonyl (C=O) groups excluding carboxylic acids is 1. The molecule has 0 aliphatic heterocycles. The molecule has 6 nitrogen and oxygen atoms in total. The molecule has 6 heteroatoms. The molecule has 0 saturated carbocycles. The molecule has 3 N–H and O–H groups in total. The van der Waals surface area contributed by atoms with Crippen LogP contribution >= 0.6 is 0 Å². The highest BCUT2D eigenvalue weighted by Gasteiger charge is 2.14. The van der Waals surface area contributed by atoms with Crippen molar-refractivity contribution in [1.29, 1.82) is 0 Å². The molecule has 1 aromatic rings. The number of hydrogen-bond acceptors (Lipinski definition) is 5. The summed E-state index contributed by atoms with van der Waals surface area (Å²) in [5.41, 5.74) is 2.67. The van der Waals surface area contributed by atoms with Gasteiger partial charge >= 0.3 is 0 Å². The molecule has 0 fully saturated rings. The molecule has 0 aliphatic carbocycles. The summed E-state index contributed by atoms with van der Waals surface area (Å²) in [7, 11) is 1.51. The van der Waals surface area contributed by atoms with E-state index < -0.39 is 5.91 Å². The number of ether oxygens (including phenoxy) is 1. The highest BCUT2D eigenvalue weighted by atomic mass is 16.5. The Morgan fingerprint density at radius 2 is 2.67 bits per heavy atom. The minimum absolute atomic E-state index is 0.152. The second-order valence-corrected chi connectivity index (χ2v) is 2.09. The molecule has 1 heterocycles. The Bertz CT molecular complexity index is 271. The number of rotatable bonds is 3. The van der Waals surface area contributed by atoms with Crippen LogP contribution in [0.4, 0.5) is 0 Å². The van der Waals surface area contributed by atoms with Gasteiger partial charge in [-0.3, -0.25) is 10.2 Å². The van der Waals surface area contributed by atoms with Gasteiger partial charge in [0.05, 0.1) is 12.2 Å². The zero-order chi connectivity index (χ0) is 8.97. The van der Waals surface area contributed by atoms with Gasteiger partial charge in [-0.1, -0.05) is 5.16 Å². The van der Waals surface area contributed by atoms with Crippen LogP contribution in [0, 0.1) is 0 Å². The van der Waals surface area contributed by atoms with Crippen molar-refractivity contribution in [2.45, 2.75) is 6.61 Å². The first kappa shape index (κ1) is 8.69. The number of hydrogen-bond donors (Lipinski definition) is 2. The Balaban J connectivity index is 2.83. The average Bonchev–Trinajstić information content (AvgIpc) is 2.52. The van der Waals surface area contributed by atoms with E-state index in [1.54, 1.807) is 0 Å². The lowest BCUT2D eigenvalue weighted by Gasteiger charge is -1.96. The van der Waals surface area contributed by atoms with E-state index in [0.717, 1.165) is 0 Å². The SMILES string of the molecule is COCc1conc1C(=O)NN. The van der Waals surface area contributed by atoms with Gasteiger partial charge in [0.1, 0.15) is 6.26 Å². The monoisotopic (exact) mass is 171 g/mol. The number of nitrogens with zero attached hydrogens (tertiary/aromatic N) is 1. The number of amides is 1. The molecule has 0 unspecified atom stereocenters. The van der Waals surface area contributed by atoms with Crippen molar-refractivity contribution in [3.63, 3.8) is 0 Å². The van der Waals surface area contributed by atoms with E-state index in [0.29, 0.717) is 5.56 Å². The Morgan fingerprint density at radius 1 is 1.92 bits per heavy atom. The minimum Gasteiger partial charge on any atom is -0.380 e. The lowest BCUT2D eigenvalue weighted by Crippen LogP contribution is -2.31. The molecule has 1 rings (SSSR count). The predicted octanol–water partition coefficient (Wildman–Crippen LogP) is -0.575. The van der Waals surface area contributed by atoms with E-state index in [2.05, 4.69) is 9.68 Å². The van der Waals surface area contributed by atoms with E-state index in [-0.39, 0.29) is 12.3 Å². The van der Waals surface area contributed by atoms with Gasteiger partial charge < -0.3 is 9.26 Å². The third kappa shape index (κ3) is 1.60. The fraction of sp³-hybridized carbons (Fsp3) is 0.333. The normalized spacial score (nSPS) is 9.83. The first-order valence-corrected chi connectivity index (χ1v) is 3.22. The number of nitrogens with two attached hydrogens (primary N) is 1. The van der Waals surface area contributed by atoms with Crippen molar-refractivity contribution < 1.29 is 14.1 Å². The summed E-state index contributed by atoms with van der Waals surface area (Å²) in [6, 6.07) is 0. The van der Waals surface area contributed by atoms with Gasteiger partial charge in [0.2, 0.25) is 0 Å². The molecule has 0 aliphatic rings. The third-order valence-electron chi connectivity index (χ3n) is 1.29. The molecule has 12 heavy (non-hydrogen) atoms. The summed E-state index contributed by atoms with van der Waals surface area (Å²) < 4.78 is 9.38. The Kier molecular flexibility index (Phi) is 2.78. The number of nitrogens with one attached hydrogen (secondary N) is 1. The van der Waals surface area contributed by atoms with Gasteiger partial charge in [-0.05, 0) is 0 Å². The number of methoxy groups -OCH3 is 1. The smallest absolute Gasteiger partial charge is 0.287 e. The molecule has 0 saturated heterocycles. The summed E-state index contributed by atoms with van der Waals surface area (Å²) in [5.74, 6) is 4.42. The maximum absolute atomic E-state index is 11.0. The first-order chi connectivity index (χ1) is 5.79. The van der Waals surface area contributed by atoms with Crippen LogP contribution in [0.3, 0.4) is 0 Å². The second kappa shape index (κ2) is 3.84. The molecular weight excluding hydrogens is 162 g/mol. The fourth-order valence-electron chi connectivity index (χ4n) is 0.771. The summed E-state index contributed by atoms with van der Waals surface area (Å²) in [4.78, 5) is 11.0. The van der Waals surface area contributed by atoms with Crippen LogP contribution in [0.15, 0.2) is 10.8 Å². The Hall–Kier alpha value is -1.40. The van der Waals surface area contributed by atoms with Crippen LogP contribution in [-0.2, 0) is 11.3 Å². The predicted molar refractivity (Wildman–Crippen MR) is 38.9 cm³/mol. The van der Waals surface area contributed by atoms with E-state index in [1.807, 2.05) is 5.43 Å². The molecule has 0 radical (unpaired) electrons. The van der Waals surface area contributed by atoms with Crippen LogP contribution in [0.5, 0.6) is 0 Å². The number of nitrogen functional groups attached to an aromatic ring is 1. The first-order valence-electron chi connectivity index (χ1n) is 3.22. The van der Waals surface area contributed by atoms with Crippen molar-refractivity contribution in [3.8, 4) is 0 Å². The highest BCUT2D eigenvalue weighted by molar-refractivity contribution is 5.92. The van der Waals surface area contributed by atoms with E-state index >= 15 is 0 Å². The van der Waals surface area contributed by atoms with E-state index in [1.165, 1.54) is 13.4 Å². The van der Waals surface area contributed by atoms with Gasteiger partial charge in [0.25, 0.3) is 5.91 Å². The number of carbonyl (C=O) groups is 1. The molecule has 1 aromatic heterocycles. The summed E-state index contributed by atoms with van der Waals surface area (Å²) in [6.07, 6.45) is 1.34. The number of hydrazine groups is 1. The molecule has 0 spiro atoms. The zero-order valence-electron chi connectivity index (χ0n) is 6.53. The van der Waals surface area contributed by atoms with E-state index in [4.69, 9.17) is 10.6 Å².